The Bertz CT molecular complexity index is 735. The van der Waals surface area contributed by atoms with Crippen LogP contribution in [0.1, 0.15) is 18.0 Å². The average Bonchev–Trinajstić information content (AvgIpc) is 3.10. The number of amides is 1. The lowest BCUT2D eigenvalue weighted by Crippen LogP contribution is -2.39. The Hall–Kier alpha value is -1.85. The van der Waals surface area contributed by atoms with Gasteiger partial charge in [0.15, 0.2) is 0 Å². The number of halogens is 1. The fourth-order valence-electron chi connectivity index (χ4n) is 3.57. The van der Waals surface area contributed by atoms with Gasteiger partial charge in [-0.15, -0.1) is 0 Å². The van der Waals surface area contributed by atoms with E-state index in [-0.39, 0.29) is 11.9 Å². The maximum atomic E-state index is 12.8. The van der Waals surface area contributed by atoms with E-state index in [2.05, 4.69) is 44.3 Å². The van der Waals surface area contributed by atoms with Gasteiger partial charge in [0.1, 0.15) is 6.04 Å². The Labute approximate surface area is 164 Å². The Kier molecular flexibility index (Phi) is 6.33. The SMILES string of the molecule is CN(C)C(C(=O)NCC1CCN(c2cccc(Br)c2)C1)c1ccccc1. The van der Waals surface area contributed by atoms with Gasteiger partial charge in [0.25, 0.3) is 0 Å². The van der Waals surface area contributed by atoms with Crippen LogP contribution < -0.4 is 10.2 Å². The molecule has 4 nitrogen and oxygen atoms in total. The second kappa shape index (κ2) is 8.69. The summed E-state index contributed by atoms with van der Waals surface area (Å²) < 4.78 is 1.10. The van der Waals surface area contributed by atoms with Gasteiger partial charge in [0, 0.05) is 29.8 Å². The smallest absolute Gasteiger partial charge is 0.241 e. The van der Waals surface area contributed by atoms with E-state index in [1.54, 1.807) is 0 Å². The highest BCUT2D eigenvalue weighted by Gasteiger charge is 2.26. The van der Waals surface area contributed by atoms with Gasteiger partial charge in [0.05, 0.1) is 0 Å². The minimum atomic E-state index is -0.251. The number of benzene rings is 2. The van der Waals surface area contributed by atoms with E-state index >= 15 is 0 Å². The molecule has 2 unspecified atom stereocenters. The van der Waals surface area contributed by atoms with Crippen molar-refractivity contribution in [1.29, 1.82) is 0 Å². The first-order chi connectivity index (χ1) is 12.5. The van der Waals surface area contributed by atoms with Gasteiger partial charge < -0.3 is 10.2 Å². The molecule has 1 amide bonds. The molecule has 138 valence electrons. The van der Waals surface area contributed by atoms with Crippen molar-refractivity contribution >= 4 is 27.5 Å². The quantitative estimate of drug-likeness (QED) is 0.780. The molecular formula is C21H26BrN3O. The highest BCUT2D eigenvalue weighted by atomic mass is 79.9. The monoisotopic (exact) mass is 415 g/mol. The van der Waals surface area contributed by atoms with Crippen LogP contribution in [0.3, 0.4) is 0 Å². The number of nitrogens with zero attached hydrogens (tertiary/aromatic N) is 2. The summed E-state index contributed by atoms with van der Waals surface area (Å²) in [6.07, 6.45) is 1.10. The summed E-state index contributed by atoms with van der Waals surface area (Å²) in [7, 11) is 3.89. The highest BCUT2D eigenvalue weighted by molar-refractivity contribution is 9.10. The zero-order chi connectivity index (χ0) is 18.5. The third-order valence-electron chi connectivity index (χ3n) is 4.90. The van der Waals surface area contributed by atoms with Gasteiger partial charge in [-0.25, -0.2) is 0 Å². The average molecular weight is 416 g/mol. The number of anilines is 1. The first kappa shape index (κ1) is 18.9. The number of hydrogen-bond acceptors (Lipinski definition) is 3. The molecule has 26 heavy (non-hydrogen) atoms. The van der Waals surface area contributed by atoms with Crippen molar-refractivity contribution in [2.75, 3.05) is 38.6 Å². The van der Waals surface area contributed by atoms with E-state index in [1.165, 1.54) is 5.69 Å². The number of likely N-dealkylation sites (N-methyl/N-ethyl adjacent to an activating group) is 1. The maximum absolute atomic E-state index is 12.8. The van der Waals surface area contributed by atoms with Crippen molar-refractivity contribution in [2.45, 2.75) is 12.5 Å². The molecule has 0 bridgehead atoms. The fourth-order valence-corrected chi connectivity index (χ4v) is 3.95. The lowest BCUT2D eigenvalue weighted by atomic mass is 10.0. The van der Waals surface area contributed by atoms with Gasteiger partial charge in [0.2, 0.25) is 5.91 Å². The predicted octanol–water partition coefficient (Wildman–Crippen LogP) is 3.69. The van der Waals surface area contributed by atoms with Gasteiger partial charge in [-0.05, 0) is 50.2 Å². The van der Waals surface area contributed by atoms with Crippen LogP contribution in [0.2, 0.25) is 0 Å². The van der Waals surface area contributed by atoms with Crippen LogP contribution in [-0.4, -0.2) is 44.5 Å². The van der Waals surface area contributed by atoms with Crippen molar-refractivity contribution in [3.05, 3.63) is 64.6 Å². The molecule has 1 aliphatic heterocycles. The Morgan fingerprint density at radius 3 is 2.69 bits per heavy atom. The largest absolute Gasteiger partial charge is 0.371 e. The molecular weight excluding hydrogens is 390 g/mol. The van der Waals surface area contributed by atoms with Crippen LogP contribution >= 0.6 is 15.9 Å². The van der Waals surface area contributed by atoms with E-state index < -0.39 is 0 Å². The van der Waals surface area contributed by atoms with E-state index in [0.717, 1.165) is 36.1 Å². The molecule has 1 aliphatic rings. The highest BCUT2D eigenvalue weighted by Crippen LogP contribution is 2.26. The van der Waals surface area contributed by atoms with Gasteiger partial charge >= 0.3 is 0 Å². The van der Waals surface area contributed by atoms with Gasteiger partial charge in [-0.3, -0.25) is 9.69 Å². The molecule has 0 saturated carbocycles. The van der Waals surface area contributed by atoms with E-state index in [4.69, 9.17) is 0 Å². The lowest BCUT2D eigenvalue weighted by Gasteiger charge is -2.25. The molecule has 1 N–H and O–H groups in total. The van der Waals surface area contributed by atoms with Crippen LogP contribution in [0.5, 0.6) is 0 Å². The molecule has 0 aliphatic carbocycles. The molecule has 2 aromatic carbocycles. The zero-order valence-corrected chi connectivity index (χ0v) is 16.9. The third-order valence-corrected chi connectivity index (χ3v) is 5.40. The van der Waals surface area contributed by atoms with Crippen LogP contribution in [0.25, 0.3) is 0 Å². The van der Waals surface area contributed by atoms with E-state index in [0.29, 0.717) is 5.92 Å². The number of carbonyl (C=O) groups is 1. The third kappa shape index (κ3) is 4.65. The second-order valence-corrected chi connectivity index (χ2v) is 8.02. The van der Waals surface area contributed by atoms with Crippen molar-refractivity contribution < 1.29 is 4.79 Å². The maximum Gasteiger partial charge on any atom is 0.241 e. The first-order valence-corrected chi connectivity index (χ1v) is 9.83. The van der Waals surface area contributed by atoms with Crippen LogP contribution in [0, 0.1) is 5.92 Å². The first-order valence-electron chi connectivity index (χ1n) is 9.04. The standard InChI is InChI=1S/C21H26BrN3O/c1-24(2)20(17-7-4-3-5-8-17)21(26)23-14-16-11-12-25(15-16)19-10-6-9-18(22)13-19/h3-10,13,16,20H,11-12,14-15H2,1-2H3,(H,23,26). The van der Waals surface area contributed by atoms with Crippen molar-refractivity contribution in [1.82, 2.24) is 10.2 Å². The summed E-state index contributed by atoms with van der Waals surface area (Å²) in [5, 5.41) is 3.17. The minimum Gasteiger partial charge on any atom is -0.371 e. The van der Waals surface area contributed by atoms with Crippen molar-refractivity contribution in [3.8, 4) is 0 Å². The Balaban J connectivity index is 1.56. The number of hydrogen-bond donors (Lipinski definition) is 1. The Morgan fingerprint density at radius 2 is 2.00 bits per heavy atom. The summed E-state index contributed by atoms with van der Waals surface area (Å²) >= 11 is 3.54. The minimum absolute atomic E-state index is 0.0714. The Morgan fingerprint density at radius 1 is 1.23 bits per heavy atom. The number of carbonyl (C=O) groups excluding carboxylic acids is 1. The van der Waals surface area contributed by atoms with Crippen molar-refractivity contribution in [3.63, 3.8) is 0 Å². The van der Waals surface area contributed by atoms with Gasteiger partial charge in [-0.2, -0.15) is 0 Å². The summed E-state index contributed by atoms with van der Waals surface area (Å²) in [5.41, 5.74) is 2.26. The van der Waals surface area contributed by atoms with Crippen molar-refractivity contribution in [2.24, 2.45) is 5.92 Å². The topological polar surface area (TPSA) is 35.6 Å². The molecule has 0 radical (unpaired) electrons. The molecule has 3 rings (SSSR count). The summed E-state index contributed by atoms with van der Waals surface area (Å²) in [6, 6.07) is 18.1. The number of nitrogens with one attached hydrogen (secondary N) is 1. The molecule has 2 aromatic rings. The lowest BCUT2D eigenvalue weighted by molar-refractivity contribution is -0.125. The van der Waals surface area contributed by atoms with Crippen LogP contribution in [0.4, 0.5) is 5.69 Å². The normalized spacial score (nSPS) is 18.2. The molecule has 1 saturated heterocycles. The summed E-state index contributed by atoms with van der Waals surface area (Å²) in [6.45, 7) is 2.74. The summed E-state index contributed by atoms with van der Waals surface area (Å²) in [4.78, 5) is 17.1. The molecule has 1 fully saturated rings. The van der Waals surface area contributed by atoms with Crippen LogP contribution in [0.15, 0.2) is 59.1 Å². The molecule has 0 spiro atoms. The van der Waals surface area contributed by atoms with E-state index in [1.807, 2.05) is 55.4 Å². The molecule has 2 atom stereocenters. The summed E-state index contributed by atoms with van der Waals surface area (Å²) in [5.74, 6) is 0.554. The fraction of sp³-hybridized carbons (Fsp3) is 0.381. The predicted molar refractivity (Wildman–Crippen MR) is 110 cm³/mol. The second-order valence-electron chi connectivity index (χ2n) is 7.10. The van der Waals surface area contributed by atoms with Gasteiger partial charge in [-0.1, -0.05) is 52.3 Å². The zero-order valence-electron chi connectivity index (χ0n) is 15.4. The van der Waals surface area contributed by atoms with Crippen LogP contribution in [-0.2, 0) is 4.79 Å². The molecule has 1 heterocycles. The molecule has 0 aromatic heterocycles. The van der Waals surface area contributed by atoms with E-state index in [9.17, 15) is 4.79 Å². The molecule has 5 heteroatoms. The number of rotatable bonds is 6.